The monoisotopic (exact) mass is 435 g/mol. The molecular weight excluding hydrogens is 406 g/mol. The molecule has 1 amide bonds. The molecule has 0 saturated heterocycles. The Labute approximate surface area is 189 Å². The molecule has 0 radical (unpaired) electrons. The topological polar surface area (TPSA) is 57.2 Å². The molecule has 32 heavy (non-hydrogen) atoms. The van der Waals surface area contributed by atoms with Crippen LogP contribution in [0.4, 0.5) is 0 Å². The molecule has 3 rings (SSSR count). The molecule has 0 bridgehead atoms. The van der Waals surface area contributed by atoms with Gasteiger partial charge >= 0.3 is 0 Å². The molecule has 0 atom stereocenters. The fraction of sp³-hybridized carbons (Fsp3) is 0.269. The first kappa shape index (κ1) is 23.0. The van der Waals surface area contributed by atoms with Gasteiger partial charge in [-0.05, 0) is 30.7 Å². The zero-order valence-electron chi connectivity index (χ0n) is 19.2. The lowest BCUT2D eigenvalue weighted by Gasteiger charge is -2.21. The number of hydrogen-bond donors (Lipinski definition) is 0. The van der Waals surface area contributed by atoms with E-state index in [1.165, 1.54) is 0 Å². The maximum Gasteiger partial charge on any atom is 0.254 e. The Kier molecular flexibility index (Phi) is 7.60. The fourth-order valence-corrected chi connectivity index (χ4v) is 3.45. The van der Waals surface area contributed by atoms with Crippen molar-refractivity contribution in [3.63, 3.8) is 0 Å². The minimum atomic E-state index is -0.167. The van der Waals surface area contributed by atoms with Gasteiger partial charge in [0, 0.05) is 24.7 Å². The molecule has 6 nitrogen and oxygen atoms in total. The van der Waals surface area contributed by atoms with Gasteiger partial charge in [-0.1, -0.05) is 48.0 Å². The van der Waals surface area contributed by atoms with Gasteiger partial charge in [0.1, 0.15) is 12.4 Å². The summed E-state index contributed by atoms with van der Waals surface area (Å²) >= 11 is 0. The van der Waals surface area contributed by atoms with Crippen LogP contribution in [0.3, 0.4) is 0 Å². The molecule has 0 aromatic heterocycles. The van der Waals surface area contributed by atoms with Gasteiger partial charge in [-0.2, -0.15) is 0 Å². The molecule has 6 heteroatoms. The highest BCUT2D eigenvalue weighted by molar-refractivity contribution is 5.95. The standard InChI is InChI=1S/C26H29NO5/c1-18-11-12-22(29-3)21(13-18)16-27(2)26(28)20-14-23(30-4)25(24(15-20)31-5)32-17-19-9-7-6-8-10-19/h6-15H,16-17H2,1-5H3. The lowest BCUT2D eigenvalue weighted by Crippen LogP contribution is -2.26. The second kappa shape index (κ2) is 10.6. The molecular formula is C26H29NO5. The van der Waals surface area contributed by atoms with E-state index in [1.807, 2.05) is 55.5 Å². The van der Waals surface area contributed by atoms with Crippen LogP contribution in [0.2, 0.25) is 0 Å². The lowest BCUT2D eigenvalue weighted by atomic mass is 10.1. The Hall–Kier alpha value is -3.67. The molecule has 0 unspecified atom stereocenters. The number of ether oxygens (including phenoxy) is 4. The van der Waals surface area contributed by atoms with Crippen LogP contribution in [0.15, 0.2) is 60.7 Å². The molecule has 0 spiro atoms. The van der Waals surface area contributed by atoms with Crippen LogP contribution in [-0.2, 0) is 13.2 Å². The van der Waals surface area contributed by atoms with E-state index >= 15 is 0 Å². The number of aryl methyl sites for hydroxylation is 1. The SMILES string of the molecule is COc1ccc(C)cc1CN(C)C(=O)c1cc(OC)c(OCc2ccccc2)c(OC)c1. The van der Waals surface area contributed by atoms with Crippen molar-refractivity contribution in [1.82, 2.24) is 4.90 Å². The van der Waals surface area contributed by atoms with Crippen LogP contribution in [0.5, 0.6) is 23.0 Å². The molecule has 0 aliphatic carbocycles. The Morgan fingerprint density at radius 3 is 2.06 bits per heavy atom. The van der Waals surface area contributed by atoms with Gasteiger partial charge in [0.2, 0.25) is 5.75 Å². The average molecular weight is 436 g/mol. The highest BCUT2D eigenvalue weighted by atomic mass is 16.5. The van der Waals surface area contributed by atoms with Crippen LogP contribution in [-0.4, -0.2) is 39.2 Å². The summed E-state index contributed by atoms with van der Waals surface area (Å²) in [5.41, 5.74) is 3.50. The van der Waals surface area contributed by atoms with E-state index in [-0.39, 0.29) is 5.91 Å². The maximum absolute atomic E-state index is 13.2. The van der Waals surface area contributed by atoms with Crippen molar-refractivity contribution < 1.29 is 23.7 Å². The van der Waals surface area contributed by atoms with Gasteiger partial charge in [0.25, 0.3) is 5.91 Å². The summed E-state index contributed by atoms with van der Waals surface area (Å²) in [7, 11) is 6.46. The third-order valence-corrected chi connectivity index (χ3v) is 5.12. The van der Waals surface area contributed by atoms with E-state index in [4.69, 9.17) is 18.9 Å². The Bertz CT molecular complexity index is 1040. The highest BCUT2D eigenvalue weighted by Gasteiger charge is 2.21. The van der Waals surface area contributed by atoms with Crippen LogP contribution in [0.25, 0.3) is 0 Å². The number of carbonyl (C=O) groups excluding carboxylic acids is 1. The van der Waals surface area contributed by atoms with Crippen molar-refractivity contribution in [3.05, 3.63) is 82.9 Å². The molecule has 0 aliphatic heterocycles. The van der Waals surface area contributed by atoms with Gasteiger partial charge in [-0.3, -0.25) is 4.79 Å². The summed E-state index contributed by atoms with van der Waals surface area (Å²) in [5, 5.41) is 0. The van der Waals surface area contributed by atoms with Crippen LogP contribution in [0.1, 0.15) is 27.0 Å². The molecule has 0 heterocycles. The first-order chi connectivity index (χ1) is 15.5. The lowest BCUT2D eigenvalue weighted by molar-refractivity contribution is 0.0783. The smallest absolute Gasteiger partial charge is 0.254 e. The summed E-state index contributed by atoms with van der Waals surface area (Å²) in [6.45, 7) is 2.77. The minimum absolute atomic E-state index is 0.167. The summed E-state index contributed by atoms with van der Waals surface area (Å²) in [6.07, 6.45) is 0. The zero-order chi connectivity index (χ0) is 23.1. The van der Waals surface area contributed by atoms with Crippen molar-refractivity contribution in [3.8, 4) is 23.0 Å². The third kappa shape index (κ3) is 5.32. The van der Waals surface area contributed by atoms with Crippen LogP contribution in [0, 0.1) is 6.92 Å². The van der Waals surface area contributed by atoms with Gasteiger partial charge in [0.15, 0.2) is 11.5 Å². The second-order valence-electron chi connectivity index (χ2n) is 7.46. The maximum atomic E-state index is 13.2. The fourth-order valence-electron chi connectivity index (χ4n) is 3.45. The normalized spacial score (nSPS) is 10.4. The van der Waals surface area contributed by atoms with Gasteiger partial charge in [0.05, 0.1) is 21.3 Å². The van der Waals surface area contributed by atoms with Crippen LogP contribution < -0.4 is 18.9 Å². The van der Waals surface area contributed by atoms with E-state index in [0.29, 0.717) is 36.0 Å². The molecule has 3 aromatic carbocycles. The van der Waals surface area contributed by atoms with Gasteiger partial charge < -0.3 is 23.8 Å². The Morgan fingerprint density at radius 1 is 0.844 bits per heavy atom. The van der Waals surface area contributed by atoms with Gasteiger partial charge in [-0.25, -0.2) is 0 Å². The first-order valence-electron chi connectivity index (χ1n) is 10.3. The number of amides is 1. The highest BCUT2D eigenvalue weighted by Crippen LogP contribution is 2.39. The predicted molar refractivity (Wildman–Crippen MR) is 124 cm³/mol. The molecule has 0 aliphatic rings. The molecule has 0 fully saturated rings. The van der Waals surface area contributed by atoms with Crippen molar-refractivity contribution in [2.24, 2.45) is 0 Å². The third-order valence-electron chi connectivity index (χ3n) is 5.12. The van der Waals surface area contributed by atoms with E-state index < -0.39 is 0 Å². The Balaban J connectivity index is 1.84. The van der Waals surface area contributed by atoms with Crippen molar-refractivity contribution in [2.45, 2.75) is 20.1 Å². The number of rotatable bonds is 9. The molecule has 0 N–H and O–H groups in total. The summed E-state index contributed by atoms with van der Waals surface area (Å²) in [4.78, 5) is 14.8. The number of methoxy groups -OCH3 is 3. The zero-order valence-corrected chi connectivity index (χ0v) is 19.2. The first-order valence-corrected chi connectivity index (χ1v) is 10.3. The summed E-state index contributed by atoms with van der Waals surface area (Å²) in [5.74, 6) is 1.91. The number of carbonyl (C=O) groups is 1. The van der Waals surface area contributed by atoms with E-state index in [1.54, 1.807) is 45.4 Å². The molecule has 0 saturated carbocycles. The molecule has 3 aromatic rings. The van der Waals surface area contributed by atoms with E-state index in [9.17, 15) is 4.79 Å². The summed E-state index contributed by atoms with van der Waals surface area (Å²) < 4.78 is 22.5. The van der Waals surface area contributed by atoms with Crippen molar-refractivity contribution in [2.75, 3.05) is 28.4 Å². The second-order valence-corrected chi connectivity index (χ2v) is 7.46. The summed E-state index contributed by atoms with van der Waals surface area (Å²) in [6, 6.07) is 19.1. The quantitative estimate of drug-likeness (QED) is 0.480. The number of benzene rings is 3. The van der Waals surface area contributed by atoms with Crippen LogP contribution >= 0.6 is 0 Å². The van der Waals surface area contributed by atoms with Gasteiger partial charge in [-0.15, -0.1) is 0 Å². The minimum Gasteiger partial charge on any atom is -0.496 e. The average Bonchev–Trinajstić information content (AvgIpc) is 2.82. The van der Waals surface area contributed by atoms with E-state index in [2.05, 4.69) is 0 Å². The van der Waals surface area contributed by atoms with E-state index in [0.717, 1.165) is 22.4 Å². The molecule has 168 valence electrons. The van der Waals surface area contributed by atoms with Crippen molar-refractivity contribution >= 4 is 5.91 Å². The Morgan fingerprint density at radius 2 is 1.47 bits per heavy atom. The number of hydrogen-bond acceptors (Lipinski definition) is 5. The number of nitrogens with zero attached hydrogens (tertiary/aromatic N) is 1. The largest absolute Gasteiger partial charge is 0.496 e. The van der Waals surface area contributed by atoms with Crippen molar-refractivity contribution in [1.29, 1.82) is 0 Å². The predicted octanol–water partition coefficient (Wildman–Crippen LogP) is 4.87.